The molecule has 0 saturated carbocycles. The molecule has 1 aromatic heterocycles. The zero-order valence-corrected chi connectivity index (χ0v) is 13.2. The number of nitrogens with two attached hydrogens (primary N) is 1. The standard InChI is InChI=1S/C12H19BrN2O2S/c1-12(2,3)17-11(16)15-6-9(14)5-10-4-8(13)7-18-10/h4,7,9H,5-6,14H2,1-3H3,(H,15,16). The number of nitrogens with one attached hydrogen (secondary N) is 1. The molecule has 1 unspecified atom stereocenters. The molecular weight excluding hydrogens is 316 g/mol. The molecule has 1 aromatic rings. The van der Waals surface area contributed by atoms with Crippen LogP contribution in [0.15, 0.2) is 15.9 Å². The van der Waals surface area contributed by atoms with Gasteiger partial charge in [0.15, 0.2) is 0 Å². The van der Waals surface area contributed by atoms with Crippen molar-refractivity contribution in [2.75, 3.05) is 6.54 Å². The van der Waals surface area contributed by atoms with E-state index in [0.717, 1.165) is 10.9 Å². The van der Waals surface area contributed by atoms with E-state index in [4.69, 9.17) is 10.5 Å². The van der Waals surface area contributed by atoms with Crippen LogP contribution in [0.25, 0.3) is 0 Å². The molecule has 0 saturated heterocycles. The molecule has 0 radical (unpaired) electrons. The summed E-state index contributed by atoms with van der Waals surface area (Å²) in [6, 6.07) is 1.93. The molecule has 18 heavy (non-hydrogen) atoms. The first-order chi connectivity index (χ1) is 8.26. The maximum absolute atomic E-state index is 11.4. The molecule has 3 N–H and O–H groups in total. The van der Waals surface area contributed by atoms with E-state index in [1.807, 2.05) is 32.2 Å². The minimum atomic E-state index is -0.479. The number of hydrogen-bond donors (Lipinski definition) is 2. The van der Waals surface area contributed by atoms with Gasteiger partial charge in [0.1, 0.15) is 5.60 Å². The minimum Gasteiger partial charge on any atom is -0.444 e. The molecule has 1 rings (SSSR count). The van der Waals surface area contributed by atoms with Gasteiger partial charge in [-0.05, 0) is 49.2 Å². The van der Waals surface area contributed by atoms with Gasteiger partial charge < -0.3 is 15.8 Å². The lowest BCUT2D eigenvalue weighted by Gasteiger charge is -2.20. The van der Waals surface area contributed by atoms with Crippen LogP contribution in [0.4, 0.5) is 4.79 Å². The second kappa shape index (κ2) is 6.54. The van der Waals surface area contributed by atoms with Gasteiger partial charge >= 0.3 is 6.09 Å². The Labute approximate surface area is 120 Å². The molecule has 6 heteroatoms. The maximum atomic E-state index is 11.4. The van der Waals surface area contributed by atoms with Crippen LogP contribution in [0.2, 0.25) is 0 Å². The van der Waals surface area contributed by atoms with Gasteiger partial charge in [-0.2, -0.15) is 0 Å². The summed E-state index contributed by atoms with van der Waals surface area (Å²) in [5, 5.41) is 4.69. The van der Waals surface area contributed by atoms with E-state index in [2.05, 4.69) is 21.2 Å². The first kappa shape index (κ1) is 15.5. The number of halogens is 1. The van der Waals surface area contributed by atoms with Crippen molar-refractivity contribution in [3.63, 3.8) is 0 Å². The Bertz CT molecular complexity index is 401. The highest BCUT2D eigenvalue weighted by atomic mass is 79.9. The molecule has 1 heterocycles. The Morgan fingerprint density at radius 3 is 2.78 bits per heavy atom. The predicted octanol–water partition coefficient (Wildman–Crippen LogP) is 2.91. The number of carbonyl (C=O) groups excluding carboxylic acids is 1. The molecule has 0 bridgehead atoms. The average molecular weight is 335 g/mol. The van der Waals surface area contributed by atoms with Gasteiger partial charge in [-0.1, -0.05) is 0 Å². The van der Waals surface area contributed by atoms with Crippen LogP contribution in [0.3, 0.4) is 0 Å². The lowest BCUT2D eigenvalue weighted by atomic mass is 10.2. The molecule has 4 nitrogen and oxygen atoms in total. The van der Waals surface area contributed by atoms with Crippen LogP contribution in [-0.2, 0) is 11.2 Å². The lowest BCUT2D eigenvalue weighted by molar-refractivity contribution is 0.0524. The van der Waals surface area contributed by atoms with E-state index < -0.39 is 11.7 Å². The fourth-order valence-electron chi connectivity index (χ4n) is 1.32. The van der Waals surface area contributed by atoms with E-state index in [9.17, 15) is 4.79 Å². The van der Waals surface area contributed by atoms with E-state index in [0.29, 0.717) is 6.54 Å². The summed E-state index contributed by atoms with van der Waals surface area (Å²) >= 11 is 5.05. The van der Waals surface area contributed by atoms with Crippen LogP contribution in [0.5, 0.6) is 0 Å². The highest BCUT2D eigenvalue weighted by Crippen LogP contribution is 2.20. The number of thiophene rings is 1. The minimum absolute atomic E-state index is 0.108. The number of carbonyl (C=O) groups is 1. The van der Waals surface area contributed by atoms with Crippen molar-refractivity contribution in [2.45, 2.75) is 38.8 Å². The monoisotopic (exact) mass is 334 g/mol. The molecule has 0 aliphatic rings. The van der Waals surface area contributed by atoms with Crippen molar-refractivity contribution in [3.8, 4) is 0 Å². The topological polar surface area (TPSA) is 64.3 Å². The van der Waals surface area contributed by atoms with Crippen molar-refractivity contribution in [1.82, 2.24) is 5.32 Å². The third-order valence-corrected chi connectivity index (χ3v) is 3.71. The molecule has 0 aromatic carbocycles. The molecule has 0 spiro atoms. The number of rotatable bonds is 4. The molecule has 1 atom stereocenters. The van der Waals surface area contributed by atoms with Crippen molar-refractivity contribution in [2.24, 2.45) is 5.73 Å². The normalized spacial score (nSPS) is 13.2. The van der Waals surface area contributed by atoms with Gasteiger partial charge in [0, 0.05) is 27.3 Å². The van der Waals surface area contributed by atoms with Crippen LogP contribution in [0.1, 0.15) is 25.6 Å². The fraction of sp³-hybridized carbons (Fsp3) is 0.583. The highest BCUT2D eigenvalue weighted by Gasteiger charge is 2.16. The summed E-state index contributed by atoms with van der Waals surface area (Å²) in [6.45, 7) is 5.89. The van der Waals surface area contributed by atoms with Crippen LogP contribution in [-0.4, -0.2) is 24.3 Å². The highest BCUT2D eigenvalue weighted by molar-refractivity contribution is 9.10. The Morgan fingerprint density at radius 2 is 2.28 bits per heavy atom. The van der Waals surface area contributed by atoms with Gasteiger partial charge in [-0.25, -0.2) is 4.79 Å². The van der Waals surface area contributed by atoms with E-state index >= 15 is 0 Å². The summed E-state index contributed by atoms with van der Waals surface area (Å²) in [6.07, 6.45) is 0.316. The van der Waals surface area contributed by atoms with E-state index in [1.165, 1.54) is 4.88 Å². The second-order valence-electron chi connectivity index (χ2n) is 5.08. The quantitative estimate of drug-likeness (QED) is 0.889. The van der Waals surface area contributed by atoms with Gasteiger partial charge in [-0.3, -0.25) is 0 Å². The Kier molecular flexibility index (Phi) is 5.62. The third kappa shape index (κ3) is 6.37. The van der Waals surface area contributed by atoms with Crippen molar-refractivity contribution >= 4 is 33.4 Å². The first-order valence-electron chi connectivity index (χ1n) is 5.71. The molecular formula is C12H19BrN2O2S. The van der Waals surface area contributed by atoms with Gasteiger partial charge in [-0.15, -0.1) is 11.3 Å². The lowest BCUT2D eigenvalue weighted by Crippen LogP contribution is -2.40. The fourth-order valence-corrected chi connectivity index (χ4v) is 2.87. The maximum Gasteiger partial charge on any atom is 0.407 e. The SMILES string of the molecule is CC(C)(C)OC(=O)NCC(N)Cc1cc(Br)cs1. The third-order valence-electron chi connectivity index (χ3n) is 1.99. The average Bonchev–Trinajstić information content (AvgIpc) is 2.58. The summed E-state index contributed by atoms with van der Waals surface area (Å²) in [5.74, 6) is 0. The molecule has 0 aliphatic heterocycles. The Hall–Kier alpha value is -0.590. The number of amides is 1. The smallest absolute Gasteiger partial charge is 0.407 e. The molecule has 0 fully saturated rings. The van der Waals surface area contributed by atoms with Crippen molar-refractivity contribution in [3.05, 3.63) is 20.8 Å². The largest absolute Gasteiger partial charge is 0.444 e. The summed E-state index contributed by atoms with van der Waals surface area (Å²) in [5.41, 5.74) is 5.47. The summed E-state index contributed by atoms with van der Waals surface area (Å²) in [7, 11) is 0. The molecule has 0 aliphatic carbocycles. The Balaban J connectivity index is 2.29. The summed E-state index contributed by atoms with van der Waals surface area (Å²) < 4.78 is 6.20. The zero-order valence-electron chi connectivity index (χ0n) is 10.8. The number of alkyl carbamates (subject to hydrolysis) is 1. The van der Waals surface area contributed by atoms with Crippen molar-refractivity contribution < 1.29 is 9.53 Å². The van der Waals surface area contributed by atoms with Crippen LogP contribution < -0.4 is 11.1 Å². The Morgan fingerprint density at radius 1 is 1.61 bits per heavy atom. The second-order valence-corrected chi connectivity index (χ2v) is 6.99. The zero-order chi connectivity index (χ0) is 13.8. The molecule has 1 amide bonds. The summed E-state index contributed by atoms with van der Waals surface area (Å²) in [4.78, 5) is 12.6. The van der Waals surface area contributed by atoms with Crippen LogP contribution in [0, 0.1) is 0 Å². The number of ether oxygens (including phenoxy) is 1. The van der Waals surface area contributed by atoms with Crippen molar-refractivity contribution in [1.29, 1.82) is 0 Å². The van der Waals surface area contributed by atoms with Gasteiger partial charge in [0.25, 0.3) is 0 Å². The van der Waals surface area contributed by atoms with Crippen LogP contribution >= 0.6 is 27.3 Å². The van der Waals surface area contributed by atoms with E-state index in [1.54, 1.807) is 11.3 Å². The molecule has 102 valence electrons. The first-order valence-corrected chi connectivity index (χ1v) is 7.39. The van der Waals surface area contributed by atoms with Gasteiger partial charge in [0.2, 0.25) is 0 Å². The predicted molar refractivity (Wildman–Crippen MR) is 77.9 cm³/mol. The van der Waals surface area contributed by atoms with Gasteiger partial charge in [0.05, 0.1) is 0 Å². The van der Waals surface area contributed by atoms with E-state index in [-0.39, 0.29) is 6.04 Å². The number of hydrogen-bond acceptors (Lipinski definition) is 4.